The molecule has 0 aromatic heterocycles. The SMILES string of the molecule is CNC(CSc1cccc(Cl)c1)Cc1c(C)cccc1C. The topological polar surface area (TPSA) is 12.0 Å². The van der Waals surface area contributed by atoms with Gasteiger partial charge in [0.15, 0.2) is 0 Å². The zero-order chi connectivity index (χ0) is 15.2. The van der Waals surface area contributed by atoms with E-state index in [-0.39, 0.29) is 0 Å². The van der Waals surface area contributed by atoms with E-state index in [1.807, 2.05) is 37.0 Å². The Balaban J connectivity index is 2.00. The van der Waals surface area contributed by atoms with Gasteiger partial charge in [-0.25, -0.2) is 0 Å². The summed E-state index contributed by atoms with van der Waals surface area (Å²) in [6.07, 6.45) is 1.06. The second-order valence-corrected chi connectivity index (χ2v) is 6.86. The Morgan fingerprint density at radius 1 is 1.10 bits per heavy atom. The minimum absolute atomic E-state index is 0.453. The first kappa shape index (κ1) is 16.4. The fourth-order valence-electron chi connectivity index (χ4n) is 2.42. The molecule has 0 aliphatic carbocycles. The van der Waals surface area contributed by atoms with Crippen LogP contribution < -0.4 is 5.32 Å². The molecule has 1 N–H and O–H groups in total. The van der Waals surface area contributed by atoms with Crippen molar-refractivity contribution in [3.05, 3.63) is 64.2 Å². The standard InChI is InChI=1S/C18H22ClNS/c1-13-6-4-7-14(2)18(13)11-16(20-3)12-21-17-9-5-8-15(19)10-17/h4-10,16,20H,11-12H2,1-3H3. The number of hydrogen-bond donors (Lipinski definition) is 1. The van der Waals surface area contributed by atoms with Crippen LogP contribution in [0, 0.1) is 13.8 Å². The summed E-state index contributed by atoms with van der Waals surface area (Å²) < 4.78 is 0. The molecule has 2 aromatic carbocycles. The largest absolute Gasteiger partial charge is 0.316 e. The maximum absolute atomic E-state index is 6.04. The molecule has 0 aliphatic heterocycles. The Morgan fingerprint density at radius 3 is 2.38 bits per heavy atom. The van der Waals surface area contributed by atoms with Crippen molar-refractivity contribution in [3.8, 4) is 0 Å². The molecule has 0 amide bonds. The van der Waals surface area contributed by atoms with E-state index in [1.165, 1.54) is 21.6 Å². The lowest BCUT2D eigenvalue weighted by molar-refractivity contribution is 0.614. The van der Waals surface area contributed by atoms with E-state index in [2.05, 4.69) is 43.4 Å². The number of likely N-dealkylation sites (N-methyl/N-ethyl adjacent to an activating group) is 1. The summed E-state index contributed by atoms with van der Waals surface area (Å²) in [6.45, 7) is 4.39. The number of hydrogen-bond acceptors (Lipinski definition) is 2. The molecule has 21 heavy (non-hydrogen) atoms. The second kappa shape index (κ2) is 7.88. The van der Waals surface area contributed by atoms with Gasteiger partial charge in [0.25, 0.3) is 0 Å². The van der Waals surface area contributed by atoms with Gasteiger partial charge >= 0.3 is 0 Å². The van der Waals surface area contributed by atoms with Crippen LogP contribution in [0.2, 0.25) is 5.02 Å². The number of aryl methyl sites for hydroxylation is 2. The van der Waals surface area contributed by atoms with E-state index in [1.54, 1.807) is 0 Å². The third-order valence-corrected chi connectivity index (χ3v) is 5.14. The van der Waals surface area contributed by atoms with Crippen molar-refractivity contribution in [1.82, 2.24) is 5.32 Å². The predicted octanol–water partition coefficient (Wildman–Crippen LogP) is 4.88. The first-order valence-electron chi connectivity index (χ1n) is 7.21. The Morgan fingerprint density at radius 2 is 1.76 bits per heavy atom. The zero-order valence-corrected chi connectivity index (χ0v) is 14.4. The zero-order valence-electron chi connectivity index (χ0n) is 12.8. The third kappa shape index (κ3) is 4.77. The summed E-state index contributed by atoms with van der Waals surface area (Å²) in [6, 6.07) is 15.0. The lowest BCUT2D eigenvalue weighted by Gasteiger charge is -2.19. The van der Waals surface area contributed by atoms with E-state index >= 15 is 0 Å². The Kier molecular flexibility index (Phi) is 6.16. The van der Waals surface area contributed by atoms with Crippen molar-refractivity contribution in [1.29, 1.82) is 0 Å². The normalized spacial score (nSPS) is 12.4. The van der Waals surface area contributed by atoms with Crippen molar-refractivity contribution in [2.75, 3.05) is 12.8 Å². The van der Waals surface area contributed by atoms with Crippen LogP contribution in [-0.4, -0.2) is 18.8 Å². The molecule has 0 aliphatic rings. The fraction of sp³-hybridized carbons (Fsp3) is 0.333. The van der Waals surface area contributed by atoms with Crippen LogP contribution in [0.3, 0.4) is 0 Å². The van der Waals surface area contributed by atoms with Gasteiger partial charge in [-0.3, -0.25) is 0 Å². The summed E-state index contributed by atoms with van der Waals surface area (Å²) in [5.74, 6) is 1.03. The molecule has 112 valence electrons. The van der Waals surface area contributed by atoms with E-state index in [4.69, 9.17) is 11.6 Å². The molecule has 1 nitrogen and oxygen atoms in total. The van der Waals surface area contributed by atoms with Gasteiger partial charge in [0.2, 0.25) is 0 Å². The summed E-state index contributed by atoms with van der Waals surface area (Å²) in [5.41, 5.74) is 4.22. The van der Waals surface area contributed by atoms with Gasteiger partial charge in [-0.1, -0.05) is 35.9 Å². The molecule has 1 atom stereocenters. The summed E-state index contributed by atoms with van der Waals surface area (Å²) in [7, 11) is 2.04. The maximum atomic E-state index is 6.04. The van der Waals surface area contributed by atoms with Crippen LogP contribution in [0.4, 0.5) is 0 Å². The van der Waals surface area contributed by atoms with Crippen molar-refractivity contribution < 1.29 is 0 Å². The average molecular weight is 320 g/mol. The van der Waals surface area contributed by atoms with Crippen molar-refractivity contribution in [2.24, 2.45) is 0 Å². The second-order valence-electron chi connectivity index (χ2n) is 5.33. The van der Waals surface area contributed by atoms with Crippen molar-refractivity contribution >= 4 is 23.4 Å². The highest BCUT2D eigenvalue weighted by Gasteiger charge is 2.11. The van der Waals surface area contributed by atoms with Gasteiger partial charge in [-0.15, -0.1) is 11.8 Å². The van der Waals surface area contributed by atoms with Crippen molar-refractivity contribution in [3.63, 3.8) is 0 Å². The molecule has 0 radical (unpaired) electrons. The summed E-state index contributed by atoms with van der Waals surface area (Å²) in [4.78, 5) is 1.23. The average Bonchev–Trinajstić information content (AvgIpc) is 2.46. The molecule has 0 saturated carbocycles. The first-order chi connectivity index (χ1) is 10.1. The molecule has 3 heteroatoms. The molecule has 0 fully saturated rings. The van der Waals surface area contributed by atoms with E-state index < -0.39 is 0 Å². The van der Waals surface area contributed by atoms with Crippen molar-refractivity contribution in [2.45, 2.75) is 31.2 Å². The Bertz CT molecular complexity index is 577. The van der Waals surface area contributed by atoms with Crippen LogP contribution in [0.5, 0.6) is 0 Å². The molecule has 0 saturated heterocycles. The number of halogens is 1. The highest BCUT2D eigenvalue weighted by Crippen LogP contribution is 2.24. The van der Waals surface area contributed by atoms with Gasteiger partial charge in [-0.2, -0.15) is 0 Å². The van der Waals surface area contributed by atoms with E-state index in [0.717, 1.165) is 17.2 Å². The molecule has 2 rings (SSSR count). The van der Waals surface area contributed by atoms with Gasteiger partial charge in [0.1, 0.15) is 0 Å². The quantitative estimate of drug-likeness (QED) is 0.762. The molecule has 1 unspecified atom stereocenters. The maximum Gasteiger partial charge on any atom is 0.0417 e. The highest BCUT2D eigenvalue weighted by atomic mass is 35.5. The first-order valence-corrected chi connectivity index (χ1v) is 8.57. The van der Waals surface area contributed by atoms with Gasteiger partial charge in [0.05, 0.1) is 0 Å². The molecule has 0 spiro atoms. The lowest BCUT2D eigenvalue weighted by Crippen LogP contribution is -2.30. The smallest absolute Gasteiger partial charge is 0.0417 e. The summed E-state index contributed by atoms with van der Waals surface area (Å²) in [5, 5.41) is 4.24. The predicted molar refractivity (Wildman–Crippen MR) is 94.6 cm³/mol. The number of thioether (sulfide) groups is 1. The van der Waals surface area contributed by atoms with Crippen LogP contribution in [0.1, 0.15) is 16.7 Å². The van der Waals surface area contributed by atoms with E-state index in [9.17, 15) is 0 Å². The molecule has 0 heterocycles. The molecule has 0 bridgehead atoms. The van der Waals surface area contributed by atoms with Crippen LogP contribution in [-0.2, 0) is 6.42 Å². The van der Waals surface area contributed by atoms with E-state index in [0.29, 0.717) is 6.04 Å². The number of rotatable bonds is 6. The third-order valence-electron chi connectivity index (χ3n) is 3.75. The Labute approximate surface area is 137 Å². The number of benzene rings is 2. The molecular formula is C18H22ClNS. The van der Waals surface area contributed by atoms with Crippen LogP contribution in [0.25, 0.3) is 0 Å². The molecular weight excluding hydrogens is 298 g/mol. The van der Waals surface area contributed by atoms with Gasteiger partial charge in [-0.05, 0) is 62.2 Å². The summed E-state index contributed by atoms with van der Waals surface area (Å²) >= 11 is 7.89. The van der Waals surface area contributed by atoms with Gasteiger partial charge < -0.3 is 5.32 Å². The fourth-order valence-corrected chi connectivity index (χ4v) is 3.73. The lowest BCUT2D eigenvalue weighted by atomic mass is 9.97. The van der Waals surface area contributed by atoms with Crippen LogP contribution >= 0.6 is 23.4 Å². The molecule has 2 aromatic rings. The monoisotopic (exact) mass is 319 g/mol. The van der Waals surface area contributed by atoms with Gasteiger partial charge in [0, 0.05) is 21.7 Å². The minimum atomic E-state index is 0.453. The highest BCUT2D eigenvalue weighted by molar-refractivity contribution is 7.99. The Hall–Kier alpha value is -0.960. The number of nitrogens with one attached hydrogen (secondary N) is 1. The minimum Gasteiger partial charge on any atom is -0.316 e. The van der Waals surface area contributed by atoms with Crippen LogP contribution in [0.15, 0.2) is 47.4 Å².